The Morgan fingerprint density at radius 2 is 0.826 bits per heavy atom. The maximum absolute atomic E-state index is 14.6. The molecule has 2 aliphatic heterocycles. The van der Waals surface area contributed by atoms with Crippen LogP contribution < -0.4 is 48.7 Å². The number of carbonyl (C=O) groups is 13. The van der Waals surface area contributed by atoms with E-state index in [4.69, 9.17) is 11.5 Å². The number of phenolic OH excluding ortho intramolecular Hbond substituents is 3. The minimum atomic E-state index is -1.93. The van der Waals surface area contributed by atoms with Gasteiger partial charge in [0.15, 0.2) is 5.78 Å². The molecule has 0 aliphatic carbocycles. The van der Waals surface area contributed by atoms with Crippen molar-refractivity contribution in [3.8, 4) is 17.2 Å². The number of rotatable bonds is 34. The summed E-state index contributed by atoms with van der Waals surface area (Å²) in [6, 6.07) is 1.93. The predicted octanol–water partition coefficient (Wildman–Crippen LogP) is -0.954. The van der Waals surface area contributed by atoms with Crippen molar-refractivity contribution in [2.24, 2.45) is 17.4 Å². The number of nitrogens with one attached hydrogen (secondary N) is 7. The molecule has 0 saturated carbocycles. The van der Waals surface area contributed by atoms with Gasteiger partial charge in [0.05, 0.1) is 31.0 Å². The van der Waals surface area contributed by atoms with Crippen LogP contribution >= 0.6 is 21.6 Å². The Hall–Kier alpha value is -8.81. The van der Waals surface area contributed by atoms with Gasteiger partial charge in [-0.1, -0.05) is 71.8 Å². The van der Waals surface area contributed by atoms with E-state index >= 15 is 0 Å². The first-order chi connectivity index (χ1) is 43.4. The molecule has 92 heavy (non-hydrogen) atoms. The molecule has 0 spiro atoms. The number of aliphatic carboxylic acids is 2. The normalized spacial score (nSPS) is 17.4. The quantitative estimate of drug-likeness (QED) is 0.0253. The molecule has 500 valence electrons. The molecule has 0 radical (unpaired) electrons. The van der Waals surface area contributed by atoms with Gasteiger partial charge in [-0.3, -0.25) is 62.3 Å². The number of carboxylic acid groups (broad SMARTS) is 2. The number of aromatic hydroxyl groups is 3. The Labute approximate surface area is 538 Å². The number of carboxylic acids is 2. The summed E-state index contributed by atoms with van der Waals surface area (Å²) < 4.78 is 0. The highest BCUT2D eigenvalue weighted by Crippen LogP contribution is 2.25. The van der Waals surface area contributed by atoms with E-state index in [2.05, 4.69) is 37.2 Å². The Morgan fingerprint density at radius 3 is 1.26 bits per heavy atom. The summed E-state index contributed by atoms with van der Waals surface area (Å²) in [5, 5.41) is 67.3. The van der Waals surface area contributed by atoms with E-state index in [1.54, 1.807) is 0 Å². The first-order valence-corrected chi connectivity index (χ1v) is 32.2. The van der Waals surface area contributed by atoms with Gasteiger partial charge in [-0.05, 0) is 105 Å². The zero-order chi connectivity index (χ0) is 68.1. The maximum atomic E-state index is 14.6. The average molecular weight is 1320 g/mol. The number of nitrogens with two attached hydrogens (primary N) is 2. The fourth-order valence-electron chi connectivity index (χ4n) is 9.95. The van der Waals surface area contributed by atoms with Gasteiger partial charge in [0.2, 0.25) is 53.2 Å². The topological polar surface area (TPSA) is 466 Å². The van der Waals surface area contributed by atoms with Gasteiger partial charge in [-0.2, -0.15) is 0 Å². The van der Waals surface area contributed by atoms with Crippen molar-refractivity contribution in [3.05, 3.63) is 89.5 Å². The predicted molar refractivity (Wildman–Crippen MR) is 336 cm³/mol. The van der Waals surface area contributed by atoms with Crippen molar-refractivity contribution >= 4 is 98.3 Å². The van der Waals surface area contributed by atoms with Crippen LogP contribution in [0, 0.1) is 5.92 Å². The number of likely N-dealkylation sites (tertiary alicyclic amines) is 2. The van der Waals surface area contributed by atoms with Crippen LogP contribution in [0.25, 0.3) is 0 Å². The summed E-state index contributed by atoms with van der Waals surface area (Å²) in [5.74, 6) is -12.8. The Bertz CT molecular complexity index is 3160. The summed E-state index contributed by atoms with van der Waals surface area (Å²) in [5.41, 5.74) is 13.4. The minimum absolute atomic E-state index is 0.00248. The van der Waals surface area contributed by atoms with Crippen LogP contribution in [0.1, 0.15) is 89.8 Å². The molecule has 9 amide bonds. The minimum Gasteiger partial charge on any atom is -0.508 e. The fraction of sp³-hybridized carbons (Fsp3) is 0.492. The Kier molecular flexibility index (Phi) is 28.2. The third-order valence-corrected chi connectivity index (χ3v) is 17.8. The molecule has 3 aromatic rings. The number of ketones is 2. The smallest absolute Gasteiger partial charge is 0.305 e. The third kappa shape index (κ3) is 22.5. The van der Waals surface area contributed by atoms with Crippen molar-refractivity contribution in [3.63, 3.8) is 0 Å². The molecule has 11 atom stereocenters. The van der Waals surface area contributed by atoms with Gasteiger partial charge in [0.25, 0.3) is 0 Å². The summed E-state index contributed by atoms with van der Waals surface area (Å²) in [6.07, 6.45) is -2.07. The Balaban J connectivity index is 1.33. The molecule has 2 saturated heterocycles. The number of hydrogen-bond donors (Lipinski definition) is 14. The van der Waals surface area contributed by atoms with Gasteiger partial charge in [0.1, 0.15) is 71.4 Å². The summed E-state index contributed by atoms with van der Waals surface area (Å²) >= 11 is 0. The molecule has 0 aromatic heterocycles. The lowest BCUT2D eigenvalue weighted by molar-refractivity contribution is -0.145. The summed E-state index contributed by atoms with van der Waals surface area (Å²) in [7, 11) is 2.44. The van der Waals surface area contributed by atoms with Crippen LogP contribution in [0.15, 0.2) is 72.8 Å². The molecule has 3 aromatic carbocycles. The number of benzene rings is 3. The zero-order valence-corrected chi connectivity index (χ0v) is 53.1. The number of amides is 9. The molecule has 31 heteroatoms. The van der Waals surface area contributed by atoms with Gasteiger partial charge in [0, 0.05) is 43.9 Å². The highest BCUT2D eigenvalue weighted by Gasteiger charge is 2.43. The number of nitrogens with zero attached hydrogens (tertiary/aromatic N) is 2. The second-order valence-electron chi connectivity index (χ2n) is 23.0. The van der Waals surface area contributed by atoms with Crippen LogP contribution in [-0.2, 0) is 81.6 Å². The zero-order valence-electron chi connectivity index (χ0n) is 51.5. The molecule has 2 fully saturated rings. The first kappa shape index (κ1) is 73.9. The van der Waals surface area contributed by atoms with Crippen LogP contribution in [0.2, 0.25) is 0 Å². The van der Waals surface area contributed by atoms with E-state index in [-0.39, 0.29) is 86.2 Å². The second kappa shape index (κ2) is 35.1. The van der Waals surface area contributed by atoms with Crippen LogP contribution in [-0.4, -0.2) is 203 Å². The lowest BCUT2D eigenvalue weighted by Gasteiger charge is -2.32. The van der Waals surface area contributed by atoms with Crippen LogP contribution in [0.4, 0.5) is 0 Å². The lowest BCUT2D eigenvalue weighted by Crippen LogP contribution is -2.61. The van der Waals surface area contributed by atoms with Crippen molar-refractivity contribution < 1.29 is 87.9 Å². The SMILES string of the molecule is CC(=O)C(C)NC(=O)C(Cc1ccc(O)cc1)NC(=O)C(CC(=O)O)NC(=O)C1CCCN1C(=O)C(NC(=O)C(CC(=O)O)NC(=O)C(Cc1ccc(O)cc1)NC(=O)C1CCCN1C(=O)C(Cc1ccc(O)cc1)NC(=O)C(N)CSSC[C@H](N)C(C)=O)C(C)C. The third-order valence-electron chi connectivity index (χ3n) is 15.3. The number of Topliss-reactive ketones (excluding diaryl/α,β-unsaturated/α-hetero) is 2. The van der Waals surface area contributed by atoms with E-state index < -0.39 is 156 Å². The first-order valence-electron chi connectivity index (χ1n) is 29.7. The molecule has 16 N–H and O–H groups in total. The Morgan fingerprint density at radius 1 is 0.467 bits per heavy atom. The summed E-state index contributed by atoms with van der Waals surface area (Å²) in [4.78, 5) is 178. The van der Waals surface area contributed by atoms with Crippen molar-refractivity contribution in [1.82, 2.24) is 47.0 Å². The maximum Gasteiger partial charge on any atom is 0.305 e. The molecular formula is C61H81N11O18S2. The number of hydrogen-bond acceptors (Lipinski definition) is 20. The molecule has 5 rings (SSSR count). The standard InChI is InChI=1S/C61H81N11O18S2/c1-31(2)52(61(90)72-23-7-9-49(72)59(88)68-45(27-50(78)79)56(85)65-43(54(83)64-32(3)33(4)73)24-35-10-16-38(75)17-11-35)70-57(86)46(28-51(80)81)66-55(84)44(25-36-12-18-39(76)19-13-36)67-58(87)48-8-6-22-71(48)60(89)47(26-37-14-20-40(77)21-15-37)69-53(82)42(63)30-92-91-29-41(62)34(5)74/h10-21,31-32,41-49,52,75-77H,6-9,22-30,62-63H2,1-5H3,(H,64,83)(H,65,85)(H,66,84)(H,67,87)(H,68,88)(H,69,82)(H,70,86)(H,78,79)(H,80,81)/t32?,41-,42?,43?,44?,45?,46?,47?,48?,49?,52?/m0/s1. The largest absolute Gasteiger partial charge is 0.508 e. The van der Waals surface area contributed by atoms with Crippen LogP contribution in [0.5, 0.6) is 17.2 Å². The lowest BCUT2D eigenvalue weighted by atomic mass is 10.0. The summed E-state index contributed by atoms with van der Waals surface area (Å²) in [6.45, 7) is 7.02. The van der Waals surface area contributed by atoms with Gasteiger partial charge < -0.3 is 84.0 Å². The molecule has 2 aliphatic rings. The van der Waals surface area contributed by atoms with E-state index in [9.17, 15) is 87.9 Å². The molecule has 0 bridgehead atoms. The van der Waals surface area contributed by atoms with Crippen molar-refractivity contribution in [2.75, 3.05) is 24.6 Å². The number of phenols is 3. The van der Waals surface area contributed by atoms with Gasteiger partial charge in [-0.25, -0.2) is 0 Å². The van der Waals surface area contributed by atoms with E-state index in [0.29, 0.717) is 23.1 Å². The van der Waals surface area contributed by atoms with Crippen molar-refractivity contribution in [2.45, 2.75) is 159 Å². The van der Waals surface area contributed by atoms with Gasteiger partial charge >= 0.3 is 11.9 Å². The van der Waals surface area contributed by atoms with E-state index in [0.717, 1.165) is 4.90 Å². The van der Waals surface area contributed by atoms with E-state index in [1.165, 1.54) is 134 Å². The number of carbonyl (C=O) groups excluding carboxylic acids is 11. The fourth-order valence-corrected chi connectivity index (χ4v) is 12.3. The molecule has 2 heterocycles. The highest BCUT2D eigenvalue weighted by atomic mass is 33.1. The second-order valence-corrected chi connectivity index (χ2v) is 25.5. The monoisotopic (exact) mass is 1320 g/mol. The van der Waals surface area contributed by atoms with Crippen molar-refractivity contribution in [1.29, 1.82) is 0 Å². The molecule has 29 nitrogen and oxygen atoms in total. The molecule has 10 unspecified atom stereocenters. The molecular weight excluding hydrogens is 1240 g/mol. The highest BCUT2D eigenvalue weighted by molar-refractivity contribution is 8.76. The average Bonchev–Trinajstić information content (AvgIpc) is 1.63. The van der Waals surface area contributed by atoms with Gasteiger partial charge in [-0.15, -0.1) is 0 Å². The van der Waals surface area contributed by atoms with E-state index in [1.807, 2.05) is 0 Å². The van der Waals surface area contributed by atoms with Crippen LogP contribution in [0.3, 0.4) is 0 Å².